The molecule has 5 unspecified atom stereocenters. The molecule has 4 rings (SSSR count). The van der Waals surface area contributed by atoms with Crippen LogP contribution in [0.25, 0.3) is 0 Å². The van der Waals surface area contributed by atoms with Crippen LogP contribution in [-0.4, -0.2) is 11.1 Å². The minimum atomic E-state index is -0.718. The molecule has 2 saturated carbocycles. The lowest BCUT2D eigenvalue weighted by atomic mass is 9.82. The van der Waals surface area contributed by atoms with Crippen LogP contribution in [-0.2, 0) is 4.79 Å². The Kier molecular flexibility index (Phi) is 2.92. The molecule has 0 spiro atoms. The molecule has 0 radical (unpaired) electrons. The minimum absolute atomic E-state index is 0.0377. The highest BCUT2D eigenvalue weighted by Crippen LogP contribution is 2.54. The number of hydrogen-bond donors (Lipinski definition) is 1. The summed E-state index contributed by atoms with van der Waals surface area (Å²) in [6, 6.07) is 0. The van der Waals surface area contributed by atoms with E-state index in [1.54, 1.807) is 0 Å². The maximum atomic E-state index is 11.7. The Morgan fingerprint density at radius 2 is 2.29 bits per heavy atom. The maximum Gasteiger partial charge on any atom is 0.331 e. The third kappa shape index (κ3) is 2.20. The molecule has 4 aliphatic rings. The Hall–Kier alpha value is -1.31. The van der Waals surface area contributed by atoms with E-state index in [9.17, 15) is 9.90 Å². The number of hydrogen-bond acceptors (Lipinski definition) is 1. The monoisotopic (exact) mass is 284 g/mol. The first-order valence-electron chi connectivity index (χ1n) is 8.40. The van der Waals surface area contributed by atoms with Crippen molar-refractivity contribution < 1.29 is 9.90 Å². The summed E-state index contributed by atoms with van der Waals surface area (Å²) in [6.45, 7) is 2.29. The molecule has 5 atom stereocenters. The van der Waals surface area contributed by atoms with Gasteiger partial charge in [-0.3, -0.25) is 0 Å². The highest BCUT2D eigenvalue weighted by atomic mass is 16.4. The normalized spacial score (nSPS) is 43.7. The van der Waals surface area contributed by atoms with E-state index in [1.165, 1.54) is 24.8 Å². The molecule has 4 aliphatic carbocycles. The summed E-state index contributed by atoms with van der Waals surface area (Å²) in [4.78, 5) is 11.7. The van der Waals surface area contributed by atoms with Crippen LogP contribution in [0, 0.1) is 29.1 Å². The van der Waals surface area contributed by atoms with Gasteiger partial charge in [-0.1, -0.05) is 36.8 Å². The summed E-state index contributed by atoms with van der Waals surface area (Å²) in [5.74, 6) is 2.05. The van der Waals surface area contributed by atoms with Gasteiger partial charge in [0, 0.05) is 17.4 Å². The number of carbonyl (C=O) groups is 1. The number of carboxylic acids is 1. The van der Waals surface area contributed by atoms with Gasteiger partial charge in [-0.05, 0) is 55.8 Å². The summed E-state index contributed by atoms with van der Waals surface area (Å²) in [7, 11) is 0. The van der Waals surface area contributed by atoms with Crippen molar-refractivity contribution in [3.05, 3.63) is 35.5 Å². The Morgan fingerprint density at radius 1 is 1.43 bits per heavy atom. The highest BCUT2D eigenvalue weighted by Gasteiger charge is 2.44. The van der Waals surface area contributed by atoms with E-state index in [0.29, 0.717) is 29.7 Å². The smallest absolute Gasteiger partial charge is 0.331 e. The Balaban J connectivity index is 1.58. The average molecular weight is 284 g/mol. The first-order valence-corrected chi connectivity index (χ1v) is 8.40. The first kappa shape index (κ1) is 13.4. The van der Waals surface area contributed by atoms with E-state index in [4.69, 9.17) is 0 Å². The summed E-state index contributed by atoms with van der Waals surface area (Å²) < 4.78 is 0. The molecule has 0 aromatic heterocycles. The Bertz CT molecular complexity index is 568. The van der Waals surface area contributed by atoms with Gasteiger partial charge >= 0.3 is 5.97 Å². The van der Waals surface area contributed by atoms with Crippen molar-refractivity contribution >= 4 is 5.97 Å². The van der Waals surface area contributed by atoms with Crippen molar-refractivity contribution in [2.45, 2.75) is 45.4 Å². The van der Waals surface area contributed by atoms with Gasteiger partial charge in [0.05, 0.1) is 0 Å². The van der Waals surface area contributed by atoms with Crippen LogP contribution in [0.5, 0.6) is 0 Å². The molecule has 1 N–H and O–H groups in total. The molecule has 0 aromatic carbocycles. The molecule has 2 fully saturated rings. The van der Waals surface area contributed by atoms with E-state index in [0.717, 1.165) is 18.8 Å². The SMILES string of the molecule is CC1CC2(/C=C(/CC3=CC4CCC3C4)C(=O)O)C=CC1C2. The number of allylic oxidation sites excluding steroid dienone is 5. The first-order chi connectivity index (χ1) is 10.0. The van der Waals surface area contributed by atoms with Gasteiger partial charge in [-0.15, -0.1) is 0 Å². The van der Waals surface area contributed by atoms with Gasteiger partial charge in [0.2, 0.25) is 0 Å². The third-order valence-electron chi connectivity index (χ3n) is 6.30. The van der Waals surface area contributed by atoms with Gasteiger partial charge in [0.25, 0.3) is 0 Å². The molecular weight excluding hydrogens is 260 g/mol. The van der Waals surface area contributed by atoms with E-state index >= 15 is 0 Å². The second-order valence-corrected chi connectivity index (χ2v) is 7.80. The molecule has 2 nitrogen and oxygen atoms in total. The lowest BCUT2D eigenvalue weighted by Gasteiger charge is -2.23. The molecule has 0 aliphatic heterocycles. The number of rotatable bonds is 4. The van der Waals surface area contributed by atoms with Crippen molar-refractivity contribution in [2.75, 3.05) is 0 Å². The second-order valence-electron chi connectivity index (χ2n) is 7.80. The zero-order valence-corrected chi connectivity index (χ0v) is 12.7. The molecule has 0 heterocycles. The zero-order chi connectivity index (χ0) is 14.6. The third-order valence-corrected chi connectivity index (χ3v) is 6.30. The minimum Gasteiger partial charge on any atom is -0.478 e. The number of carboxylic acid groups (broad SMARTS) is 1. The molecule has 0 aromatic rings. The largest absolute Gasteiger partial charge is 0.478 e. The van der Waals surface area contributed by atoms with Gasteiger partial charge in [-0.25, -0.2) is 4.79 Å². The van der Waals surface area contributed by atoms with E-state index in [1.807, 2.05) is 0 Å². The lowest BCUT2D eigenvalue weighted by Crippen LogP contribution is -2.14. The zero-order valence-electron chi connectivity index (χ0n) is 12.7. The van der Waals surface area contributed by atoms with Crippen molar-refractivity contribution in [3.8, 4) is 0 Å². The highest BCUT2D eigenvalue weighted by molar-refractivity contribution is 5.87. The van der Waals surface area contributed by atoms with Crippen molar-refractivity contribution in [3.63, 3.8) is 0 Å². The standard InChI is InChI=1S/C19H24O2/c1-12-9-19(5-4-15(12)10-19)11-17(18(20)21)8-16-7-13-2-3-14(16)6-13/h4-5,7,11-15H,2-3,6,8-10H2,1H3,(H,20,21)/b17-11-. The molecule has 0 amide bonds. The van der Waals surface area contributed by atoms with Gasteiger partial charge in [0.1, 0.15) is 0 Å². The molecule has 21 heavy (non-hydrogen) atoms. The van der Waals surface area contributed by atoms with Gasteiger partial charge in [-0.2, -0.15) is 0 Å². The predicted octanol–water partition coefficient (Wildman–Crippen LogP) is 4.35. The summed E-state index contributed by atoms with van der Waals surface area (Å²) in [6.07, 6.45) is 15.8. The summed E-state index contributed by atoms with van der Waals surface area (Å²) >= 11 is 0. The quantitative estimate of drug-likeness (QED) is 0.615. The summed E-state index contributed by atoms with van der Waals surface area (Å²) in [5, 5.41) is 9.63. The van der Waals surface area contributed by atoms with Crippen LogP contribution < -0.4 is 0 Å². The Morgan fingerprint density at radius 3 is 2.81 bits per heavy atom. The predicted molar refractivity (Wildman–Crippen MR) is 82.7 cm³/mol. The van der Waals surface area contributed by atoms with Gasteiger partial charge < -0.3 is 5.11 Å². The fraction of sp³-hybridized carbons (Fsp3) is 0.632. The number of aliphatic carboxylic acids is 1. The Labute approximate surface area is 126 Å². The molecule has 0 saturated heterocycles. The van der Waals surface area contributed by atoms with Crippen molar-refractivity contribution in [2.24, 2.45) is 29.1 Å². The topological polar surface area (TPSA) is 37.3 Å². The molecule has 2 heteroatoms. The van der Waals surface area contributed by atoms with Crippen LogP contribution in [0.1, 0.15) is 45.4 Å². The van der Waals surface area contributed by atoms with Crippen LogP contribution >= 0.6 is 0 Å². The van der Waals surface area contributed by atoms with E-state index in [-0.39, 0.29) is 5.41 Å². The van der Waals surface area contributed by atoms with Crippen molar-refractivity contribution in [1.82, 2.24) is 0 Å². The average Bonchev–Trinajstić information content (AvgIpc) is 3.16. The van der Waals surface area contributed by atoms with E-state index < -0.39 is 5.97 Å². The fourth-order valence-electron chi connectivity index (χ4n) is 5.25. The molecule has 4 bridgehead atoms. The molecular formula is C19H24O2. The fourth-order valence-corrected chi connectivity index (χ4v) is 5.25. The second kappa shape index (κ2) is 4.59. The lowest BCUT2D eigenvalue weighted by molar-refractivity contribution is -0.132. The van der Waals surface area contributed by atoms with Crippen LogP contribution in [0.15, 0.2) is 35.5 Å². The van der Waals surface area contributed by atoms with Gasteiger partial charge in [0.15, 0.2) is 0 Å². The number of fused-ring (bicyclic) bond motifs is 4. The maximum absolute atomic E-state index is 11.7. The van der Waals surface area contributed by atoms with Crippen LogP contribution in [0.3, 0.4) is 0 Å². The van der Waals surface area contributed by atoms with Crippen molar-refractivity contribution in [1.29, 1.82) is 0 Å². The van der Waals surface area contributed by atoms with Crippen LogP contribution in [0.2, 0.25) is 0 Å². The van der Waals surface area contributed by atoms with Crippen LogP contribution in [0.4, 0.5) is 0 Å². The van der Waals surface area contributed by atoms with E-state index in [2.05, 4.69) is 31.2 Å². The summed E-state index contributed by atoms with van der Waals surface area (Å²) in [5.41, 5.74) is 2.07. The molecule has 112 valence electrons.